The number of aromatic nitrogens is 1. The van der Waals surface area contributed by atoms with Crippen molar-refractivity contribution in [3.8, 4) is 0 Å². The van der Waals surface area contributed by atoms with Crippen LogP contribution in [0.5, 0.6) is 0 Å². The van der Waals surface area contributed by atoms with Gasteiger partial charge in [0.1, 0.15) is 10.3 Å². The standard InChI is InChI=1S/C10H9Cl2NO2/c1-2-7(10(14)15)3-6-4-8(11)13-9(12)5-6/h3-5H,2H2,1H3,(H,14,15). The molecule has 80 valence electrons. The van der Waals surface area contributed by atoms with E-state index in [4.69, 9.17) is 28.3 Å². The summed E-state index contributed by atoms with van der Waals surface area (Å²) in [5.74, 6) is -0.943. The number of rotatable bonds is 3. The smallest absolute Gasteiger partial charge is 0.331 e. The monoisotopic (exact) mass is 245 g/mol. The van der Waals surface area contributed by atoms with Gasteiger partial charge in [-0.2, -0.15) is 0 Å². The second-order valence-electron chi connectivity index (χ2n) is 2.87. The molecule has 3 nitrogen and oxygen atoms in total. The minimum absolute atomic E-state index is 0.245. The van der Waals surface area contributed by atoms with Crippen molar-refractivity contribution in [2.45, 2.75) is 13.3 Å². The number of aliphatic carboxylic acids is 1. The van der Waals surface area contributed by atoms with Crippen molar-refractivity contribution in [1.29, 1.82) is 0 Å². The average molecular weight is 246 g/mol. The molecule has 0 fully saturated rings. The Morgan fingerprint density at radius 3 is 2.40 bits per heavy atom. The molecule has 1 aromatic heterocycles. The van der Waals surface area contributed by atoms with Crippen LogP contribution in [-0.4, -0.2) is 16.1 Å². The summed E-state index contributed by atoms with van der Waals surface area (Å²) in [6, 6.07) is 3.12. The third kappa shape index (κ3) is 3.53. The van der Waals surface area contributed by atoms with Crippen LogP contribution in [0.15, 0.2) is 17.7 Å². The minimum atomic E-state index is -0.943. The summed E-state index contributed by atoms with van der Waals surface area (Å²) >= 11 is 11.4. The first-order chi connectivity index (χ1) is 7.02. The summed E-state index contributed by atoms with van der Waals surface area (Å²) in [5, 5.41) is 9.31. The summed E-state index contributed by atoms with van der Waals surface area (Å²) in [6.07, 6.45) is 1.97. The van der Waals surface area contributed by atoms with E-state index in [1.807, 2.05) is 0 Å². The van der Waals surface area contributed by atoms with Gasteiger partial charge in [0, 0.05) is 5.57 Å². The Morgan fingerprint density at radius 2 is 2.00 bits per heavy atom. The van der Waals surface area contributed by atoms with Crippen LogP contribution < -0.4 is 0 Å². The lowest BCUT2D eigenvalue weighted by atomic mass is 10.1. The number of nitrogens with zero attached hydrogens (tertiary/aromatic N) is 1. The molecule has 1 N–H and O–H groups in total. The van der Waals surface area contributed by atoms with Crippen molar-refractivity contribution in [3.63, 3.8) is 0 Å². The highest BCUT2D eigenvalue weighted by atomic mass is 35.5. The van der Waals surface area contributed by atoms with Crippen LogP contribution in [0.3, 0.4) is 0 Å². The molecule has 1 heterocycles. The van der Waals surface area contributed by atoms with Crippen LogP contribution >= 0.6 is 23.2 Å². The maximum atomic E-state index is 10.8. The van der Waals surface area contributed by atoms with Gasteiger partial charge in [-0.3, -0.25) is 0 Å². The quantitative estimate of drug-likeness (QED) is 0.657. The molecule has 1 rings (SSSR count). The fourth-order valence-corrected chi connectivity index (χ4v) is 1.56. The lowest BCUT2D eigenvalue weighted by Crippen LogP contribution is -1.98. The highest BCUT2D eigenvalue weighted by molar-refractivity contribution is 6.32. The number of carboxylic acid groups (broad SMARTS) is 1. The van der Waals surface area contributed by atoms with Gasteiger partial charge in [0.15, 0.2) is 0 Å². The molecule has 0 unspecified atom stereocenters. The van der Waals surface area contributed by atoms with Crippen molar-refractivity contribution < 1.29 is 9.90 Å². The lowest BCUT2D eigenvalue weighted by molar-refractivity contribution is -0.132. The van der Waals surface area contributed by atoms with Gasteiger partial charge in [0.05, 0.1) is 0 Å². The zero-order valence-electron chi connectivity index (χ0n) is 8.00. The minimum Gasteiger partial charge on any atom is -0.478 e. The maximum absolute atomic E-state index is 10.8. The van der Waals surface area contributed by atoms with Gasteiger partial charge in [-0.1, -0.05) is 30.1 Å². The molecule has 0 aromatic carbocycles. The molecule has 0 aliphatic heterocycles. The highest BCUT2D eigenvalue weighted by Crippen LogP contribution is 2.18. The summed E-state index contributed by atoms with van der Waals surface area (Å²) < 4.78 is 0. The van der Waals surface area contributed by atoms with E-state index in [0.29, 0.717) is 17.6 Å². The molecule has 1 aromatic rings. The number of hydrogen-bond acceptors (Lipinski definition) is 2. The number of pyridine rings is 1. The molecule has 0 amide bonds. The normalized spacial score (nSPS) is 11.5. The zero-order chi connectivity index (χ0) is 11.4. The Hall–Kier alpha value is -1.06. The van der Waals surface area contributed by atoms with Crippen molar-refractivity contribution in [2.24, 2.45) is 0 Å². The van der Waals surface area contributed by atoms with E-state index in [1.165, 1.54) is 6.08 Å². The Bertz CT molecular complexity index is 396. The van der Waals surface area contributed by atoms with E-state index in [9.17, 15) is 4.79 Å². The van der Waals surface area contributed by atoms with Crippen molar-refractivity contribution in [3.05, 3.63) is 33.6 Å². The van der Waals surface area contributed by atoms with Gasteiger partial charge >= 0.3 is 5.97 Å². The maximum Gasteiger partial charge on any atom is 0.331 e. The van der Waals surface area contributed by atoms with Gasteiger partial charge in [-0.05, 0) is 30.2 Å². The molecule has 0 radical (unpaired) electrons. The van der Waals surface area contributed by atoms with Gasteiger partial charge in [-0.15, -0.1) is 0 Å². The van der Waals surface area contributed by atoms with E-state index in [0.717, 1.165) is 0 Å². The summed E-state index contributed by atoms with van der Waals surface area (Å²) in [4.78, 5) is 14.5. The molecule has 0 bridgehead atoms. The van der Waals surface area contributed by atoms with Crippen LogP contribution in [0.1, 0.15) is 18.9 Å². The van der Waals surface area contributed by atoms with Crippen molar-refractivity contribution in [2.75, 3.05) is 0 Å². The molecule has 0 saturated carbocycles. The van der Waals surface area contributed by atoms with E-state index < -0.39 is 5.97 Å². The van der Waals surface area contributed by atoms with Gasteiger partial charge < -0.3 is 5.11 Å². The fraction of sp³-hybridized carbons (Fsp3) is 0.200. The molecule has 5 heteroatoms. The topological polar surface area (TPSA) is 50.2 Å². The van der Waals surface area contributed by atoms with Crippen LogP contribution in [-0.2, 0) is 4.79 Å². The molecular weight excluding hydrogens is 237 g/mol. The third-order valence-electron chi connectivity index (χ3n) is 1.78. The SMILES string of the molecule is CCC(=Cc1cc(Cl)nc(Cl)c1)C(=O)O. The van der Waals surface area contributed by atoms with Crippen LogP contribution in [0.4, 0.5) is 0 Å². The van der Waals surface area contributed by atoms with Crippen molar-refractivity contribution >= 4 is 35.2 Å². The largest absolute Gasteiger partial charge is 0.478 e. The third-order valence-corrected chi connectivity index (χ3v) is 2.17. The van der Waals surface area contributed by atoms with Crippen molar-refractivity contribution in [1.82, 2.24) is 4.98 Å². The van der Waals surface area contributed by atoms with E-state index in [1.54, 1.807) is 19.1 Å². The molecule has 0 saturated heterocycles. The molecule has 0 aliphatic carbocycles. The predicted molar refractivity (Wildman–Crippen MR) is 60.2 cm³/mol. The van der Waals surface area contributed by atoms with Gasteiger partial charge in [0.2, 0.25) is 0 Å². The van der Waals surface area contributed by atoms with Gasteiger partial charge in [-0.25, -0.2) is 9.78 Å². The van der Waals surface area contributed by atoms with Gasteiger partial charge in [0.25, 0.3) is 0 Å². The summed E-state index contributed by atoms with van der Waals surface area (Å²) in [6.45, 7) is 1.77. The van der Waals surface area contributed by atoms with Crippen LogP contribution in [0.2, 0.25) is 10.3 Å². The number of carboxylic acids is 1. The van der Waals surface area contributed by atoms with Crippen LogP contribution in [0, 0.1) is 0 Å². The van der Waals surface area contributed by atoms with E-state index in [2.05, 4.69) is 4.98 Å². The predicted octanol–water partition coefficient (Wildman–Crippen LogP) is 3.27. The van der Waals surface area contributed by atoms with E-state index >= 15 is 0 Å². The second-order valence-corrected chi connectivity index (χ2v) is 3.65. The Labute approximate surface area is 97.3 Å². The first kappa shape index (κ1) is 12.0. The molecular formula is C10H9Cl2NO2. The molecule has 0 aliphatic rings. The average Bonchev–Trinajstić information content (AvgIpc) is 2.12. The summed E-state index contributed by atoms with van der Waals surface area (Å²) in [7, 11) is 0. The zero-order valence-corrected chi connectivity index (χ0v) is 9.51. The first-order valence-corrected chi connectivity index (χ1v) is 5.05. The summed E-state index contributed by atoms with van der Waals surface area (Å²) in [5.41, 5.74) is 0.938. The first-order valence-electron chi connectivity index (χ1n) is 4.30. The lowest BCUT2D eigenvalue weighted by Gasteiger charge is -2.00. The Morgan fingerprint density at radius 1 is 1.47 bits per heavy atom. The Balaban J connectivity index is 3.11. The molecule has 0 spiro atoms. The number of hydrogen-bond donors (Lipinski definition) is 1. The number of carbonyl (C=O) groups is 1. The van der Waals surface area contributed by atoms with Crippen LogP contribution in [0.25, 0.3) is 6.08 Å². The molecule has 0 atom stereocenters. The van der Waals surface area contributed by atoms with E-state index in [-0.39, 0.29) is 10.3 Å². The second kappa shape index (κ2) is 5.14. The number of halogens is 2. The molecule has 15 heavy (non-hydrogen) atoms. The Kier molecular flexibility index (Phi) is 4.12. The highest BCUT2D eigenvalue weighted by Gasteiger charge is 2.05. The fourth-order valence-electron chi connectivity index (χ4n) is 1.08.